The van der Waals surface area contributed by atoms with Crippen molar-refractivity contribution in [1.29, 1.82) is 0 Å². The number of hydrogen-bond donors (Lipinski definition) is 0. The van der Waals surface area contributed by atoms with Crippen molar-refractivity contribution in [2.75, 3.05) is 25.6 Å². The normalized spacial score (nSPS) is 10.4. The number of rotatable bonds is 14. The third kappa shape index (κ3) is 13.3. The standard InChI is InChI=1S/C29H35N3O.2C10H8N2.Ru/c1-32(2)25-14-10-15-26(22-25)33-21-9-7-5-3-4-6-8-12-23-18-20-31-29-27(23)17-16-24-13-11-19-30-28(24)29;2*1-3-7-11-9(5-1)10-6-2-4-8-12-10;/h10-11,13-20,22H,3-9,12,21H2,1-2H3;2*1-8H;. The molecule has 6 aromatic heterocycles. The van der Waals surface area contributed by atoms with E-state index in [-0.39, 0.29) is 19.5 Å². The molecule has 0 amide bonds. The SMILES string of the molecule is CN(C)c1cccc(OCCCCCCCCCc2ccnc3c2ccc2cccnc23)c1.[Ru].c1ccc(-c2ccccn2)nc1.c1ccc(-c2ccccn2)nc1. The van der Waals surface area contributed by atoms with Gasteiger partial charge in [0.05, 0.1) is 40.4 Å². The molecular weight excluding hydrogens is 804 g/mol. The van der Waals surface area contributed by atoms with E-state index in [1.165, 1.54) is 55.2 Å². The Labute approximate surface area is 355 Å². The second kappa shape index (κ2) is 24.0. The van der Waals surface area contributed by atoms with Gasteiger partial charge in [0.25, 0.3) is 0 Å². The number of hydrogen-bond acceptors (Lipinski definition) is 8. The summed E-state index contributed by atoms with van der Waals surface area (Å²) in [5, 5.41) is 2.40. The third-order valence-electron chi connectivity index (χ3n) is 9.45. The van der Waals surface area contributed by atoms with Crippen molar-refractivity contribution in [1.82, 2.24) is 29.9 Å². The molecule has 8 aromatic rings. The molecule has 296 valence electrons. The molecule has 0 unspecified atom stereocenters. The molecule has 0 bridgehead atoms. The van der Waals surface area contributed by atoms with E-state index in [0.717, 1.165) is 64.4 Å². The maximum absolute atomic E-state index is 5.92. The van der Waals surface area contributed by atoms with Gasteiger partial charge >= 0.3 is 0 Å². The van der Waals surface area contributed by atoms with Gasteiger partial charge in [-0.3, -0.25) is 29.9 Å². The number of fused-ring (bicyclic) bond motifs is 3. The monoisotopic (exact) mass is 855 g/mol. The van der Waals surface area contributed by atoms with Crippen LogP contribution in [0.25, 0.3) is 44.6 Å². The molecule has 2 aromatic carbocycles. The molecule has 0 saturated carbocycles. The molecular formula is C49H51N7ORu. The van der Waals surface area contributed by atoms with Gasteiger partial charge in [0.15, 0.2) is 0 Å². The van der Waals surface area contributed by atoms with Crippen molar-refractivity contribution in [2.24, 2.45) is 0 Å². The average molecular weight is 855 g/mol. The van der Waals surface area contributed by atoms with Crippen LogP contribution in [0.5, 0.6) is 5.75 Å². The van der Waals surface area contributed by atoms with Gasteiger partial charge in [-0.15, -0.1) is 0 Å². The Balaban J connectivity index is 0.000000207. The Bertz CT molecular complexity index is 2200. The first kappa shape index (κ1) is 43.2. The van der Waals surface area contributed by atoms with E-state index in [4.69, 9.17) is 4.74 Å². The zero-order valence-corrected chi connectivity index (χ0v) is 35.1. The Morgan fingerprint density at radius 2 is 0.983 bits per heavy atom. The van der Waals surface area contributed by atoms with Crippen LogP contribution in [0.15, 0.2) is 165 Å². The van der Waals surface area contributed by atoms with Crippen LogP contribution in [0.1, 0.15) is 50.5 Å². The first-order chi connectivity index (χ1) is 28.2. The zero-order chi connectivity index (χ0) is 39.3. The van der Waals surface area contributed by atoms with Gasteiger partial charge in [0, 0.05) is 93.3 Å². The van der Waals surface area contributed by atoms with Crippen molar-refractivity contribution in [3.63, 3.8) is 0 Å². The number of aryl methyl sites for hydroxylation is 1. The smallest absolute Gasteiger partial charge is 0.121 e. The van der Waals surface area contributed by atoms with Gasteiger partial charge in [-0.1, -0.05) is 80.6 Å². The summed E-state index contributed by atoms with van der Waals surface area (Å²) in [7, 11) is 4.11. The van der Waals surface area contributed by atoms with Gasteiger partial charge in [-0.2, -0.15) is 0 Å². The molecule has 0 saturated heterocycles. The van der Waals surface area contributed by atoms with E-state index >= 15 is 0 Å². The van der Waals surface area contributed by atoms with Crippen molar-refractivity contribution < 1.29 is 24.2 Å². The van der Waals surface area contributed by atoms with E-state index in [0.29, 0.717) is 0 Å². The van der Waals surface area contributed by atoms with E-state index in [2.05, 4.69) is 91.4 Å². The minimum absolute atomic E-state index is 0. The van der Waals surface area contributed by atoms with Crippen molar-refractivity contribution >= 4 is 27.5 Å². The number of aromatic nitrogens is 6. The predicted molar refractivity (Wildman–Crippen MR) is 234 cm³/mol. The summed E-state index contributed by atoms with van der Waals surface area (Å²) in [6.07, 6.45) is 20.7. The maximum atomic E-state index is 5.92. The molecule has 0 radical (unpaired) electrons. The fourth-order valence-corrected chi connectivity index (χ4v) is 6.43. The number of pyridine rings is 6. The fraction of sp³-hybridized carbons (Fsp3) is 0.224. The molecule has 0 aliphatic carbocycles. The molecule has 8 nitrogen and oxygen atoms in total. The second-order valence-corrected chi connectivity index (χ2v) is 13.8. The molecule has 8 rings (SSSR count). The van der Waals surface area contributed by atoms with Crippen LogP contribution in [0.3, 0.4) is 0 Å². The molecule has 58 heavy (non-hydrogen) atoms. The summed E-state index contributed by atoms with van der Waals surface area (Å²) < 4.78 is 5.92. The minimum Gasteiger partial charge on any atom is -0.494 e. The summed E-state index contributed by atoms with van der Waals surface area (Å²) in [5.74, 6) is 0.966. The summed E-state index contributed by atoms with van der Waals surface area (Å²) in [6, 6.07) is 42.1. The van der Waals surface area contributed by atoms with Crippen LogP contribution in [0.2, 0.25) is 0 Å². The second-order valence-electron chi connectivity index (χ2n) is 13.8. The molecule has 6 heterocycles. The molecule has 0 N–H and O–H groups in total. The van der Waals surface area contributed by atoms with Crippen LogP contribution in [0.4, 0.5) is 5.69 Å². The number of ether oxygens (including phenoxy) is 1. The van der Waals surface area contributed by atoms with Gasteiger partial charge in [-0.05, 0) is 97.6 Å². The first-order valence-electron chi connectivity index (χ1n) is 19.8. The van der Waals surface area contributed by atoms with Gasteiger partial charge < -0.3 is 9.64 Å². The van der Waals surface area contributed by atoms with Crippen LogP contribution in [-0.4, -0.2) is 50.6 Å². The predicted octanol–water partition coefficient (Wildman–Crippen LogP) is 11.5. The average Bonchev–Trinajstić information content (AvgIpc) is 3.28. The van der Waals surface area contributed by atoms with Crippen LogP contribution in [0, 0.1) is 0 Å². The minimum atomic E-state index is 0. The van der Waals surface area contributed by atoms with Crippen LogP contribution < -0.4 is 9.64 Å². The molecule has 0 atom stereocenters. The van der Waals surface area contributed by atoms with E-state index in [1.807, 2.05) is 97.3 Å². The summed E-state index contributed by atoms with van der Waals surface area (Å²) in [5.41, 5.74) is 8.26. The summed E-state index contributed by atoms with van der Waals surface area (Å²) in [4.78, 5) is 28.0. The van der Waals surface area contributed by atoms with Crippen molar-refractivity contribution in [3.8, 4) is 28.5 Å². The number of nitrogens with zero attached hydrogens (tertiary/aromatic N) is 7. The molecule has 0 aliphatic rings. The number of benzene rings is 2. The Hall–Kier alpha value is -5.92. The Kier molecular flexibility index (Phi) is 17.9. The Morgan fingerprint density at radius 1 is 0.448 bits per heavy atom. The summed E-state index contributed by atoms with van der Waals surface area (Å²) in [6.45, 7) is 0.801. The number of anilines is 1. The molecule has 0 fully saturated rings. The molecule has 0 aliphatic heterocycles. The van der Waals surface area contributed by atoms with E-state index in [9.17, 15) is 0 Å². The van der Waals surface area contributed by atoms with Crippen LogP contribution in [-0.2, 0) is 25.9 Å². The van der Waals surface area contributed by atoms with E-state index in [1.54, 1.807) is 24.8 Å². The third-order valence-corrected chi connectivity index (χ3v) is 9.45. The van der Waals surface area contributed by atoms with Gasteiger partial charge in [-0.25, -0.2) is 0 Å². The quantitative estimate of drug-likeness (QED) is 0.0607. The summed E-state index contributed by atoms with van der Waals surface area (Å²) >= 11 is 0. The van der Waals surface area contributed by atoms with Gasteiger partial charge in [0.1, 0.15) is 5.75 Å². The van der Waals surface area contributed by atoms with Crippen molar-refractivity contribution in [2.45, 2.75) is 51.4 Å². The molecule has 0 spiro atoms. The number of unbranched alkanes of at least 4 members (excludes halogenated alkanes) is 6. The Morgan fingerprint density at radius 3 is 1.53 bits per heavy atom. The maximum Gasteiger partial charge on any atom is 0.121 e. The first-order valence-corrected chi connectivity index (χ1v) is 19.8. The topological polar surface area (TPSA) is 89.8 Å². The van der Waals surface area contributed by atoms with Crippen LogP contribution >= 0.6 is 0 Å². The fourth-order valence-electron chi connectivity index (χ4n) is 6.43. The van der Waals surface area contributed by atoms with Crippen molar-refractivity contribution in [3.05, 3.63) is 170 Å². The zero-order valence-electron chi connectivity index (χ0n) is 33.3. The largest absolute Gasteiger partial charge is 0.494 e. The van der Waals surface area contributed by atoms with Gasteiger partial charge in [0.2, 0.25) is 0 Å². The van der Waals surface area contributed by atoms with E-state index < -0.39 is 0 Å². The molecule has 9 heteroatoms.